The van der Waals surface area contributed by atoms with E-state index in [1.165, 1.54) is 0 Å². The summed E-state index contributed by atoms with van der Waals surface area (Å²) in [4.78, 5) is 15.7. The summed E-state index contributed by atoms with van der Waals surface area (Å²) in [6.45, 7) is 6.76. The molecule has 2 saturated heterocycles. The van der Waals surface area contributed by atoms with Crippen molar-refractivity contribution in [1.82, 2.24) is 9.21 Å². The highest BCUT2D eigenvalue weighted by Crippen LogP contribution is 2.39. The topological polar surface area (TPSA) is 70.2 Å². The van der Waals surface area contributed by atoms with E-state index in [-0.39, 0.29) is 11.9 Å². The minimum atomic E-state index is -3.48. The second-order valence-corrected chi connectivity index (χ2v) is 11.0. The fourth-order valence-corrected chi connectivity index (χ4v) is 7.07. The molecule has 2 atom stereocenters. The van der Waals surface area contributed by atoms with Gasteiger partial charge in [0.25, 0.3) is 0 Å². The van der Waals surface area contributed by atoms with E-state index in [1.807, 2.05) is 60.4 Å². The van der Waals surface area contributed by atoms with E-state index in [1.54, 1.807) is 18.3 Å². The number of ether oxygens (including phenoxy) is 1. The van der Waals surface area contributed by atoms with Crippen molar-refractivity contribution in [2.24, 2.45) is 0 Å². The minimum absolute atomic E-state index is 0.0553. The Balaban J connectivity index is 1.54. The Morgan fingerprint density at radius 1 is 1.03 bits per heavy atom. The van der Waals surface area contributed by atoms with E-state index in [9.17, 15) is 13.2 Å². The van der Waals surface area contributed by atoms with E-state index in [2.05, 4.69) is 4.90 Å². The zero-order chi connectivity index (χ0) is 23.6. The summed E-state index contributed by atoms with van der Waals surface area (Å²) in [5, 5.41) is -0.506. The van der Waals surface area contributed by atoms with Gasteiger partial charge in [-0.3, -0.25) is 4.79 Å². The highest BCUT2D eigenvalue weighted by Gasteiger charge is 2.40. The third-order valence-electron chi connectivity index (χ3n) is 6.84. The third kappa shape index (κ3) is 4.87. The molecule has 0 saturated carbocycles. The van der Waals surface area contributed by atoms with Crippen molar-refractivity contribution in [3.05, 3.63) is 59.7 Å². The number of benzene rings is 2. The van der Waals surface area contributed by atoms with Gasteiger partial charge in [-0.1, -0.05) is 36.4 Å². The van der Waals surface area contributed by atoms with Crippen molar-refractivity contribution in [3.8, 4) is 5.75 Å². The molecule has 0 radical (unpaired) electrons. The first-order valence-electron chi connectivity index (χ1n) is 11.5. The molecule has 8 heteroatoms. The van der Waals surface area contributed by atoms with E-state index < -0.39 is 15.3 Å². The van der Waals surface area contributed by atoms with Gasteiger partial charge in [0, 0.05) is 45.7 Å². The Bertz CT molecular complexity index is 1080. The molecule has 2 aromatic rings. The molecule has 4 rings (SSSR count). The number of rotatable bonds is 5. The van der Waals surface area contributed by atoms with Crippen molar-refractivity contribution in [2.75, 3.05) is 38.2 Å². The Kier molecular flexibility index (Phi) is 6.95. The summed E-state index contributed by atoms with van der Waals surface area (Å²) < 4.78 is 34.4. The molecule has 2 heterocycles. The van der Waals surface area contributed by atoms with Crippen LogP contribution >= 0.6 is 0 Å². The average molecular weight is 472 g/mol. The zero-order valence-electron chi connectivity index (χ0n) is 19.6. The maximum atomic E-state index is 13.5. The summed E-state index contributed by atoms with van der Waals surface area (Å²) >= 11 is 0. The first-order valence-corrected chi connectivity index (χ1v) is 13.0. The van der Waals surface area contributed by atoms with Crippen LogP contribution in [-0.4, -0.2) is 62.9 Å². The Morgan fingerprint density at radius 2 is 1.73 bits per heavy atom. The molecular weight excluding hydrogens is 438 g/mol. The number of nitrogens with zero attached hydrogens (tertiary/aromatic N) is 3. The van der Waals surface area contributed by atoms with Gasteiger partial charge in [0.1, 0.15) is 11.0 Å². The molecule has 33 heavy (non-hydrogen) atoms. The third-order valence-corrected chi connectivity index (χ3v) is 9.21. The number of carbonyl (C=O) groups excluding carboxylic acids is 1. The van der Waals surface area contributed by atoms with Gasteiger partial charge in [0.15, 0.2) is 0 Å². The number of sulfonamides is 1. The number of hydrogen-bond acceptors (Lipinski definition) is 5. The standard InChI is InChI=1S/C25H33N3O4S/c1-19-9-12-25(22-7-5-4-6-8-22)33(30,31)28(19)18-21-10-11-23(24(17-21)32-3)27-15-13-26(14-16-27)20(2)29/h4-8,10-11,17,19,25H,9,12-16,18H2,1-3H3/t19-,25?/m0/s1. The molecule has 1 amide bonds. The summed E-state index contributed by atoms with van der Waals surface area (Å²) in [5.74, 6) is 0.827. The van der Waals surface area contributed by atoms with Gasteiger partial charge in [-0.25, -0.2) is 8.42 Å². The lowest BCUT2D eigenvalue weighted by Crippen LogP contribution is -2.48. The summed E-state index contributed by atoms with van der Waals surface area (Å²) in [5.41, 5.74) is 2.73. The molecule has 2 aliphatic rings. The Morgan fingerprint density at radius 3 is 2.36 bits per heavy atom. The van der Waals surface area contributed by atoms with Crippen molar-refractivity contribution >= 4 is 21.6 Å². The van der Waals surface area contributed by atoms with Crippen LogP contribution in [-0.2, 0) is 21.4 Å². The average Bonchev–Trinajstić information content (AvgIpc) is 2.82. The fourth-order valence-electron chi connectivity index (χ4n) is 4.88. The van der Waals surface area contributed by atoms with Gasteiger partial charge in [0.2, 0.25) is 15.9 Å². The van der Waals surface area contributed by atoms with Gasteiger partial charge in [0.05, 0.1) is 12.8 Å². The van der Waals surface area contributed by atoms with Crippen LogP contribution in [0.2, 0.25) is 0 Å². The molecular formula is C25H33N3O4S. The molecule has 2 aromatic carbocycles. The van der Waals surface area contributed by atoms with Crippen LogP contribution in [0.25, 0.3) is 0 Å². The van der Waals surface area contributed by atoms with Crippen molar-refractivity contribution in [2.45, 2.75) is 44.5 Å². The number of anilines is 1. The Labute approximate surface area is 197 Å². The van der Waals surface area contributed by atoms with E-state index in [0.29, 0.717) is 26.1 Å². The number of methoxy groups -OCH3 is 1. The van der Waals surface area contributed by atoms with Crippen LogP contribution in [0, 0.1) is 0 Å². The van der Waals surface area contributed by atoms with Crippen LogP contribution in [0.5, 0.6) is 5.75 Å². The fraction of sp³-hybridized carbons (Fsp3) is 0.480. The summed E-state index contributed by atoms with van der Waals surface area (Å²) in [7, 11) is -1.85. The van der Waals surface area contributed by atoms with E-state index >= 15 is 0 Å². The normalized spacial score (nSPS) is 23.4. The Hall–Kier alpha value is -2.58. The largest absolute Gasteiger partial charge is 0.495 e. The van der Waals surface area contributed by atoms with Gasteiger partial charge < -0.3 is 14.5 Å². The zero-order valence-corrected chi connectivity index (χ0v) is 20.4. The van der Waals surface area contributed by atoms with Crippen molar-refractivity contribution in [3.63, 3.8) is 0 Å². The van der Waals surface area contributed by atoms with Gasteiger partial charge in [-0.15, -0.1) is 0 Å². The molecule has 7 nitrogen and oxygen atoms in total. The van der Waals surface area contributed by atoms with Crippen LogP contribution in [0.1, 0.15) is 43.1 Å². The number of piperazine rings is 1. The van der Waals surface area contributed by atoms with Gasteiger partial charge in [-0.05, 0) is 43.0 Å². The molecule has 2 fully saturated rings. The SMILES string of the molecule is COc1cc(CN2[C@@H](C)CCC(c3ccccc3)S2(=O)=O)ccc1N1CCN(C(C)=O)CC1. The molecule has 0 bridgehead atoms. The maximum Gasteiger partial charge on any atom is 0.221 e. The monoisotopic (exact) mass is 471 g/mol. The molecule has 2 aliphatic heterocycles. The highest BCUT2D eigenvalue weighted by atomic mass is 32.2. The summed E-state index contributed by atoms with van der Waals surface area (Å²) in [6.07, 6.45) is 1.47. The molecule has 1 unspecified atom stereocenters. The lowest BCUT2D eigenvalue weighted by Gasteiger charge is -2.38. The quantitative estimate of drug-likeness (QED) is 0.668. The molecule has 0 aromatic heterocycles. The predicted octanol–water partition coefficient (Wildman–Crippen LogP) is 3.42. The van der Waals surface area contributed by atoms with Crippen LogP contribution in [0.4, 0.5) is 5.69 Å². The number of amides is 1. The van der Waals surface area contributed by atoms with E-state index in [0.717, 1.165) is 42.1 Å². The molecule has 178 valence electrons. The summed E-state index contributed by atoms with van der Waals surface area (Å²) in [6, 6.07) is 15.4. The van der Waals surface area contributed by atoms with Gasteiger partial charge >= 0.3 is 0 Å². The van der Waals surface area contributed by atoms with Crippen molar-refractivity contribution < 1.29 is 17.9 Å². The van der Waals surface area contributed by atoms with Crippen LogP contribution in [0.15, 0.2) is 48.5 Å². The van der Waals surface area contributed by atoms with E-state index in [4.69, 9.17) is 4.74 Å². The lowest BCUT2D eigenvalue weighted by atomic mass is 10.0. The number of carbonyl (C=O) groups is 1. The predicted molar refractivity (Wildman–Crippen MR) is 130 cm³/mol. The first kappa shape index (κ1) is 23.6. The minimum Gasteiger partial charge on any atom is -0.495 e. The van der Waals surface area contributed by atoms with Gasteiger partial charge in [-0.2, -0.15) is 4.31 Å². The van der Waals surface area contributed by atoms with Crippen LogP contribution in [0.3, 0.4) is 0 Å². The van der Waals surface area contributed by atoms with Crippen LogP contribution < -0.4 is 9.64 Å². The molecule has 0 spiro atoms. The maximum absolute atomic E-state index is 13.5. The second kappa shape index (κ2) is 9.73. The molecule has 0 N–H and O–H groups in total. The smallest absolute Gasteiger partial charge is 0.221 e. The number of hydrogen-bond donors (Lipinski definition) is 0. The first-order chi connectivity index (χ1) is 15.8. The highest BCUT2D eigenvalue weighted by molar-refractivity contribution is 7.89. The molecule has 0 aliphatic carbocycles. The van der Waals surface area contributed by atoms with Crippen molar-refractivity contribution in [1.29, 1.82) is 0 Å². The second-order valence-electron chi connectivity index (χ2n) is 8.92. The lowest BCUT2D eigenvalue weighted by molar-refractivity contribution is -0.129.